The van der Waals surface area contributed by atoms with Gasteiger partial charge >= 0.3 is 5.97 Å². The van der Waals surface area contributed by atoms with E-state index in [9.17, 15) is 9.59 Å². The van der Waals surface area contributed by atoms with Crippen molar-refractivity contribution in [3.05, 3.63) is 63.6 Å². The summed E-state index contributed by atoms with van der Waals surface area (Å²) in [6, 6.07) is 11.4. The van der Waals surface area contributed by atoms with Gasteiger partial charge in [-0.05, 0) is 42.0 Å². The molecule has 4 nitrogen and oxygen atoms in total. The normalized spacial score (nSPS) is 10.1. The van der Waals surface area contributed by atoms with Gasteiger partial charge < -0.3 is 10.1 Å². The highest BCUT2D eigenvalue weighted by Crippen LogP contribution is 2.21. The lowest BCUT2D eigenvalue weighted by Crippen LogP contribution is -2.14. The summed E-state index contributed by atoms with van der Waals surface area (Å²) in [5.74, 6) is -0.638. The van der Waals surface area contributed by atoms with E-state index in [2.05, 4.69) is 10.1 Å². The lowest BCUT2D eigenvalue weighted by molar-refractivity contribution is -0.115. The Morgan fingerprint density at radius 3 is 2.36 bits per heavy atom. The Hall–Kier alpha value is -2.04. The maximum atomic E-state index is 12.0. The lowest BCUT2D eigenvalue weighted by atomic mass is 10.1. The van der Waals surface area contributed by atoms with Crippen LogP contribution in [0, 0.1) is 0 Å². The average molecular weight is 338 g/mol. The number of anilines is 1. The quantitative estimate of drug-likeness (QED) is 0.859. The molecule has 2 aromatic carbocycles. The van der Waals surface area contributed by atoms with Crippen molar-refractivity contribution in [3.63, 3.8) is 0 Å². The molecule has 0 unspecified atom stereocenters. The Morgan fingerprint density at radius 2 is 1.77 bits per heavy atom. The molecule has 0 atom stereocenters. The molecule has 22 heavy (non-hydrogen) atoms. The molecule has 2 aromatic rings. The van der Waals surface area contributed by atoms with Crippen LogP contribution < -0.4 is 5.32 Å². The van der Waals surface area contributed by atoms with Gasteiger partial charge in [-0.1, -0.05) is 29.3 Å². The number of benzene rings is 2. The Kier molecular flexibility index (Phi) is 5.41. The second-order valence-electron chi connectivity index (χ2n) is 4.53. The number of hydrogen-bond donors (Lipinski definition) is 1. The van der Waals surface area contributed by atoms with Crippen molar-refractivity contribution in [3.8, 4) is 0 Å². The molecule has 0 fully saturated rings. The second kappa shape index (κ2) is 7.29. The van der Waals surface area contributed by atoms with E-state index in [4.69, 9.17) is 23.2 Å². The van der Waals surface area contributed by atoms with E-state index in [1.54, 1.807) is 42.5 Å². The maximum absolute atomic E-state index is 12.0. The minimum atomic E-state index is -0.425. The molecule has 0 radical (unpaired) electrons. The van der Waals surface area contributed by atoms with Gasteiger partial charge in [0.25, 0.3) is 0 Å². The van der Waals surface area contributed by atoms with Crippen LogP contribution >= 0.6 is 23.2 Å². The van der Waals surface area contributed by atoms with Gasteiger partial charge in [0.15, 0.2) is 0 Å². The molecule has 2 rings (SSSR count). The van der Waals surface area contributed by atoms with E-state index >= 15 is 0 Å². The van der Waals surface area contributed by atoms with Gasteiger partial charge in [0.05, 0.1) is 19.1 Å². The van der Waals surface area contributed by atoms with Crippen molar-refractivity contribution in [2.24, 2.45) is 0 Å². The molecular weight excluding hydrogens is 325 g/mol. The number of methoxy groups -OCH3 is 1. The highest BCUT2D eigenvalue weighted by molar-refractivity contribution is 6.35. The van der Waals surface area contributed by atoms with E-state index < -0.39 is 5.97 Å². The number of rotatable bonds is 4. The Balaban J connectivity index is 2.01. The third-order valence-corrected chi connectivity index (χ3v) is 3.54. The summed E-state index contributed by atoms with van der Waals surface area (Å²) in [5.41, 5.74) is 1.69. The molecule has 0 saturated heterocycles. The van der Waals surface area contributed by atoms with E-state index in [1.165, 1.54) is 7.11 Å². The van der Waals surface area contributed by atoms with E-state index in [1.807, 2.05) is 0 Å². The maximum Gasteiger partial charge on any atom is 0.337 e. The zero-order valence-electron chi connectivity index (χ0n) is 11.7. The highest BCUT2D eigenvalue weighted by atomic mass is 35.5. The van der Waals surface area contributed by atoms with Crippen LogP contribution in [0.4, 0.5) is 5.69 Å². The first kappa shape index (κ1) is 16.3. The standard InChI is InChI=1S/C16H13Cl2NO3/c1-22-16(21)10-3-6-13(7-4-10)19-15(20)8-11-2-5-12(17)9-14(11)18/h2-7,9H,8H2,1H3,(H,19,20). The van der Waals surface area contributed by atoms with Gasteiger partial charge in [-0.25, -0.2) is 4.79 Å². The predicted molar refractivity (Wildman–Crippen MR) is 86.6 cm³/mol. The molecule has 6 heteroatoms. The van der Waals surface area contributed by atoms with Gasteiger partial charge in [0.2, 0.25) is 5.91 Å². The summed E-state index contributed by atoms with van der Waals surface area (Å²) in [7, 11) is 1.31. The number of hydrogen-bond acceptors (Lipinski definition) is 3. The fourth-order valence-corrected chi connectivity index (χ4v) is 2.33. The number of amides is 1. The van der Waals surface area contributed by atoms with Crippen LogP contribution in [0.5, 0.6) is 0 Å². The van der Waals surface area contributed by atoms with Crippen LogP contribution in [0.3, 0.4) is 0 Å². The Labute approximate surface area is 138 Å². The number of ether oxygens (including phenoxy) is 1. The van der Waals surface area contributed by atoms with Gasteiger partial charge in [-0.2, -0.15) is 0 Å². The Morgan fingerprint density at radius 1 is 1.09 bits per heavy atom. The third kappa shape index (κ3) is 4.23. The minimum Gasteiger partial charge on any atom is -0.465 e. The van der Waals surface area contributed by atoms with Crippen LogP contribution in [0.15, 0.2) is 42.5 Å². The zero-order chi connectivity index (χ0) is 16.1. The van der Waals surface area contributed by atoms with Crippen LogP contribution in [0.25, 0.3) is 0 Å². The first-order valence-electron chi connectivity index (χ1n) is 6.42. The van der Waals surface area contributed by atoms with Gasteiger partial charge in [-0.3, -0.25) is 4.79 Å². The summed E-state index contributed by atoms with van der Waals surface area (Å²) < 4.78 is 4.61. The first-order valence-corrected chi connectivity index (χ1v) is 7.17. The van der Waals surface area contributed by atoms with Crippen LogP contribution in [-0.4, -0.2) is 19.0 Å². The molecule has 1 N–H and O–H groups in total. The molecule has 0 aliphatic rings. The molecule has 0 aliphatic carbocycles. The first-order chi connectivity index (χ1) is 10.5. The number of carbonyl (C=O) groups excluding carboxylic acids is 2. The van der Waals surface area contributed by atoms with Crippen LogP contribution in [0.1, 0.15) is 15.9 Å². The van der Waals surface area contributed by atoms with Crippen LogP contribution in [0.2, 0.25) is 10.0 Å². The largest absolute Gasteiger partial charge is 0.465 e. The molecule has 0 saturated carbocycles. The monoisotopic (exact) mass is 337 g/mol. The van der Waals surface area contributed by atoms with Gasteiger partial charge in [0, 0.05) is 15.7 Å². The summed E-state index contributed by atoms with van der Waals surface area (Å²) in [6.45, 7) is 0. The SMILES string of the molecule is COC(=O)c1ccc(NC(=O)Cc2ccc(Cl)cc2Cl)cc1. The van der Waals surface area contributed by atoms with Crippen LogP contribution in [-0.2, 0) is 16.0 Å². The lowest BCUT2D eigenvalue weighted by Gasteiger charge is -2.07. The number of carbonyl (C=O) groups is 2. The average Bonchev–Trinajstić information content (AvgIpc) is 2.50. The predicted octanol–water partition coefficient (Wildman–Crippen LogP) is 3.96. The molecular formula is C16H13Cl2NO3. The third-order valence-electron chi connectivity index (χ3n) is 2.96. The summed E-state index contributed by atoms with van der Waals surface area (Å²) in [5, 5.41) is 3.70. The number of nitrogens with one attached hydrogen (secondary N) is 1. The highest BCUT2D eigenvalue weighted by Gasteiger charge is 2.09. The summed E-state index contributed by atoms with van der Waals surface area (Å²) in [6.07, 6.45) is 0.134. The number of esters is 1. The second-order valence-corrected chi connectivity index (χ2v) is 5.37. The van der Waals surface area contributed by atoms with E-state index in [-0.39, 0.29) is 12.3 Å². The summed E-state index contributed by atoms with van der Waals surface area (Å²) in [4.78, 5) is 23.3. The molecule has 0 aliphatic heterocycles. The number of halogens is 2. The topological polar surface area (TPSA) is 55.4 Å². The van der Waals surface area contributed by atoms with E-state index in [0.29, 0.717) is 26.9 Å². The smallest absolute Gasteiger partial charge is 0.337 e. The molecule has 114 valence electrons. The minimum absolute atomic E-state index is 0.134. The van der Waals surface area contributed by atoms with Gasteiger partial charge in [-0.15, -0.1) is 0 Å². The Bertz CT molecular complexity index is 699. The van der Waals surface area contributed by atoms with E-state index in [0.717, 1.165) is 0 Å². The molecule has 0 bridgehead atoms. The molecule has 0 spiro atoms. The van der Waals surface area contributed by atoms with Crippen molar-refractivity contribution in [1.82, 2.24) is 0 Å². The van der Waals surface area contributed by atoms with Crippen molar-refractivity contribution >= 4 is 40.8 Å². The van der Waals surface area contributed by atoms with Gasteiger partial charge in [0.1, 0.15) is 0 Å². The molecule has 1 amide bonds. The molecule has 0 aromatic heterocycles. The zero-order valence-corrected chi connectivity index (χ0v) is 13.2. The van der Waals surface area contributed by atoms with Crippen molar-refractivity contribution in [2.75, 3.05) is 12.4 Å². The fourth-order valence-electron chi connectivity index (χ4n) is 1.85. The summed E-state index contributed by atoms with van der Waals surface area (Å²) >= 11 is 11.8. The molecule has 0 heterocycles. The van der Waals surface area contributed by atoms with Crippen molar-refractivity contribution in [1.29, 1.82) is 0 Å². The van der Waals surface area contributed by atoms with Crippen molar-refractivity contribution < 1.29 is 14.3 Å². The fraction of sp³-hybridized carbons (Fsp3) is 0.125. The van der Waals surface area contributed by atoms with Crippen molar-refractivity contribution in [2.45, 2.75) is 6.42 Å².